The van der Waals surface area contributed by atoms with Crippen LogP contribution in [0.5, 0.6) is 0 Å². The summed E-state index contributed by atoms with van der Waals surface area (Å²) in [5.74, 6) is 0.548. The fourth-order valence-corrected chi connectivity index (χ4v) is 3.92. The minimum Gasteiger partial charge on any atom is -0.370 e. The predicted molar refractivity (Wildman–Crippen MR) is 105 cm³/mol. The van der Waals surface area contributed by atoms with Crippen LogP contribution in [0.1, 0.15) is 30.4 Å². The molecule has 0 unspecified atom stereocenters. The van der Waals surface area contributed by atoms with Crippen LogP contribution in [0.4, 0.5) is 5.69 Å². The second kappa shape index (κ2) is 6.83. The number of benzene rings is 1. The molecule has 0 radical (unpaired) electrons. The molecule has 0 spiro atoms. The molecule has 0 bridgehead atoms. The average Bonchev–Trinajstić information content (AvgIpc) is 3.34. The molecule has 1 atom stereocenters. The summed E-state index contributed by atoms with van der Waals surface area (Å²) in [4.78, 5) is 26.8. The van der Waals surface area contributed by atoms with Gasteiger partial charge in [0.05, 0.1) is 17.3 Å². The molecule has 2 heterocycles. The van der Waals surface area contributed by atoms with Crippen molar-refractivity contribution in [1.82, 2.24) is 15.1 Å². The Balaban J connectivity index is 1.34. The van der Waals surface area contributed by atoms with Gasteiger partial charge in [-0.2, -0.15) is 5.10 Å². The van der Waals surface area contributed by atoms with Crippen LogP contribution >= 0.6 is 0 Å². The van der Waals surface area contributed by atoms with E-state index < -0.39 is 0 Å². The highest BCUT2D eigenvalue weighted by atomic mass is 16.2. The van der Waals surface area contributed by atoms with Crippen LogP contribution in [0.3, 0.4) is 0 Å². The minimum atomic E-state index is -0.318. The molecule has 2 aliphatic rings. The Morgan fingerprint density at radius 3 is 2.70 bits per heavy atom. The highest BCUT2D eigenvalue weighted by molar-refractivity contribution is 5.91. The Bertz CT molecular complexity index is 899. The number of hydrogen-bond acceptors (Lipinski definition) is 4. The molecule has 1 amide bonds. The molecule has 1 N–H and O–H groups in total. The van der Waals surface area contributed by atoms with Gasteiger partial charge in [-0.05, 0) is 37.7 Å². The van der Waals surface area contributed by atoms with E-state index in [0.29, 0.717) is 12.5 Å². The second-order valence-corrected chi connectivity index (χ2v) is 7.93. The van der Waals surface area contributed by atoms with Gasteiger partial charge >= 0.3 is 0 Å². The summed E-state index contributed by atoms with van der Waals surface area (Å²) in [6.07, 6.45) is 4.60. The summed E-state index contributed by atoms with van der Waals surface area (Å²) in [5, 5.41) is 7.28. The lowest BCUT2D eigenvalue weighted by Crippen LogP contribution is -2.38. The van der Waals surface area contributed by atoms with Gasteiger partial charge < -0.3 is 10.2 Å². The highest BCUT2D eigenvalue weighted by Gasteiger charge is 2.51. The normalized spacial score (nSPS) is 20.5. The summed E-state index contributed by atoms with van der Waals surface area (Å²) in [6, 6.07) is 9.96. The van der Waals surface area contributed by atoms with E-state index in [2.05, 4.69) is 46.5 Å². The number of aromatic nitrogens is 2. The van der Waals surface area contributed by atoms with Crippen molar-refractivity contribution in [2.24, 2.45) is 13.0 Å². The molecular weight excluding hydrogens is 340 g/mol. The Labute approximate surface area is 159 Å². The molecule has 1 aromatic carbocycles. The van der Waals surface area contributed by atoms with Gasteiger partial charge in [0, 0.05) is 32.7 Å². The van der Waals surface area contributed by atoms with E-state index in [1.54, 1.807) is 19.3 Å². The molecule has 142 valence electrons. The third kappa shape index (κ3) is 3.48. The topological polar surface area (TPSA) is 67.2 Å². The zero-order valence-corrected chi connectivity index (χ0v) is 15.9. The van der Waals surface area contributed by atoms with E-state index in [9.17, 15) is 9.59 Å². The van der Waals surface area contributed by atoms with E-state index in [-0.39, 0.29) is 16.9 Å². The highest BCUT2D eigenvalue weighted by Crippen LogP contribution is 2.48. The smallest absolute Gasteiger partial charge is 0.268 e. The molecule has 1 aromatic heterocycles. The molecule has 1 aliphatic heterocycles. The van der Waals surface area contributed by atoms with Crippen LogP contribution in [0.2, 0.25) is 0 Å². The van der Waals surface area contributed by atoms with Crippen molar-refractivity contribution in [1.29, 1.82) is 0 Å². The summed E-state index contributed by atoms with van der Waals surface area (Å²) in [7, 11) is 1.65. The van der Waals surface area contributed by atoms with Crippen LogP contribution in [-0.4, -0.2) is 35.3 Å². The third-order valence-electron chi connectivity index (χ3n) is 5.94. The first kappa shape index (κ1) is 17.8. The molecule has 1 saturated heterocycles. The second-order valence-electron chi connectivity index (χ2n) is 7.93. The number of carbonyl (C=O) groups excluding carboxylic acids is 1. The number of nitrogens with one attached hydrogen (secondary N) is 1. The quantitative estimate of drug-likeness (QED) is 0.876. The molecule has 1 saturated carbocycles. The number of carbonyl (C=O) groups is 1. The Hall–Kier alpha value is -2.63. The lowest BCUT2D eigenvalue weighted by atomic mass is 9.94. The third-order valence-corrected chi connectivity index (χ3v) is 5.94. The SMILES string of the molecule is Cc1ccc(C2(C(=O)NC[C@H]3CCN(c4cnn(C)c(=O)c4)C3)CC2)cc1. The average molecular weight is 366 g/mol. The van der Waals surface area contributed by atoms with Crippen LogP contribution in [-0.2, 0) is 17.3 Å². The molecule has 6 heteroatoms. The van der Waals surface area contributed by atoms with Gasteiger partial charge in [-0.3, -0.25) is 9.59 Å². The molecule has 6 nitrogen and oxygen atoms in total. The van der Waals surface area contributed by atoms with Crippen LogP contribution in [0, 0.1) is 12.8 Å². The van der Waals surface area contributed by atoms with Crippen molar-refractivity contribution in [3.63, 3.8) is 0 Å². The van der Waals surface area contributed by atoms with Gasteiger partial charge in [-0.1, -0.05) is 29.8 Å². The van der Waals surface area contributed by atoms with Crippen molar-refractivity contribution >= 4 is 11.6 Å². The summed E-state index contributed by atoms with van der Waals surface area (Å²) in [5.41, 5.74) is 2.79. The fourth-order valence-electron chi connectivity index (χ4n) is 3.92. The molecule has 2 aromatic rings. The summed E-state index contributed by atoms with van der Waals surface area (Å²) < 4.78 is 1.33. The summed E-state index contributed by atoms with van der Waals surface area (Å²) in [6.45, 7) is 4.47. The largest absolute Gasteiger partial charge is 0.370 e. The maximum absolute atomic E-state index is 12.8. The molecular formula is C21H26N4O2. The first-order valence-corrected chi connectivity index (χ1v) is 9.62. The zero-order valence-electron chi connectivity index (χ0n) is 15.9. The molecule has 4 rings (SSSR count). The van der Waals surface area contributed by atoms with Gasteiger partial charge in [0.15, 0.2) is 0 Å². The number of aryl methyl sites for hydroxylation is 2. The predicted octanol–water partition coefficient (Wildman–Crippen LogP) is 1.76. The first-order valence-electron chi connectivity index (χ1n) is 9.62. The van der Waals surface area contributed by atoms with Crippen molar-refractivity contribution in [3.8, 4) is 0 Å². The summed E-state index contributed by atoms with van der Waals surface area (Å²) >= 11 is 0. The van der Waals surface area contributed by atoms with Gasteiger partial charge in [-0.15, -0.1) is 0 Å². The Morgan fingerprint density at radius 2 is 2.04 bits per heavy atom. The van der Waals surface area contributed by atoms with E-state index in [1.807, 2.05) is 0 Å². The Kier molecular flexibility index (Phi) is 4.50. The lowest BCUT2D eigenvalue weighted by molar-refractivity contribution is -0.123. The van der Waals surface area contributed by atoms with Crippen molar-refractivity contribution < 1.29 is 4.79 Å². The van der Waals surface area contributed by atoms with Crippen molar-refractivity contribution in [2.75, 3.05) is 24.5 Å². The zero-order chi connectivity index (χ0) is 19.0. The molecule has 1 aliphatic carbocycles. The number of rotatable bonds is 5. The molecule has 27 heavy (non-hydrogen) atoms. The standard InChI is InChI=1S/C21H26N4O2/c1-15-3-5-17(6-4-15)21(8-9-21)20(27)22-12-16-7-10-25(14-16)18-11-19(26)24(2)23-13-18/h3-6,11,13,16H,7-10,12,14H2,1-2H3,(H,22,27)/t16-/m1/s1. The van der Waals surface area contributed by atoms with Gasteiger partial charge in [0.2, 0.25) is 5.91 Å². The number of amides is 1. The number of anilines is 1. The van der Waals surface area contributed by atoms with E-state index >= 15 is 0 Å². The monoisotopic (exact) mass is 366 g/mol. The van der Waals surface area contributed by atoms with Gasteiger partial charge in [0.1, 0.15) is 0 Å². The van der Waals surface area contributed by atoms with Crippen molar-refractivity contribution in [2.45, 2.75) is 31.6 Å². The molecule has 2 fully saturated rings. The van der Waals surface area contributed by atoms with Gasteiger partial charge in [-0.25, -0.2) is 4.68 Å². The van der Waals surface area contributed by atoms with Gasteiger partial charge in [0.25, 0.3) is 5.56 Å². The van der Waals surface area contributed by atoms with E-state index in [4.69, 9.17) is 0 Å². The number of hydrogen-bond donors (Lipinski definition) is 1. The maximum Gasteiger partial charge on any atom is 0.268 e. The van der Waals surface area contributed by atoms with E-state index in [1.165, 1.54) is 10.2 Å². The maximum atomic E-state index is 12.8. The van der Waals surface area contributed by atoms with Crippen LogP contribution in [0.25, 0.3) is 0 Å². The van der Waals surface area contributed by atoms with Crippen LogP contribution in [0.15, 0.2) is 41.3 Å². The first-order chi connectivity index (χ1) is 13.0. The fraction of sp³-hybridized carbons (Fsp3) is 0.476. The number of nitrogens with zero attached hydrogens (tertiary/aromatic N) is 3. The van der Waals surface area contributed by atoms with Crippen molar-refractivity contribution in [3.05, 3.63) is 58.0 Å². The van der Waals surface area contributed by atoms with E-state index in [0.717, 1.165) is 43.6 Å². The lowest BCUT2D eigenvalue weighted by Gasteiger charge is -2.20. The van der Waals surface area contributed by atoms with Crippen LogP contribution < -0.4 is 15.8 Å². The minimum absolute atomic E-state index is 0.0991. The Morgan fingerprint density at radius 1 is 1.30 bits per heavy atom.